The zero-order valence-electron chi connectivity index (χ0n) is 13.4. The van der Waals surface area contributed by atoms with Crippen molar-refractivity contribution in [3.8, 4) is 0 Å². The van der Waals surface area contributed by atoms with Crippen LogP contribution in [0.5, 0.6) is 0 Å². The number of carbonyl (C=O) groups is 2. The van der Waals surface area contributed by atoms with Gasteiger partial charge in [0, 0.05) is 12.6 Å². The fourth-order valence-electron chi connectivity index (χ4n) is 1.87. The van der Waals surface area contributed by atoms with E-state index in [2.05, 4.69) is 10.6 Å². The number of nitrogens with one attached hydrogen (secondary N) is 2. The topological polar surface area (TPSA) is 84.2 Å². The molecule has 5 heteroatoms. The lowest BCUT2D eigenvalue weighted by molar-refractivity contribution is -0.125. The molecule has 0 bridgehead atoms. The molecule has 0 radical (unpaired) electrons. The third-order valence-electron chi connectivity index (χ3n) is 3.28. The summed E-state index contributed by atoms with van der Waals surface area (Å²) in [5, 5.41) is 5.63. The molecule has 0 aliphatic carbocycles. The summed E-state index contributed by atoms with van der Waals surface area (Å²) < 4.78 is 0. The zero-order chi connectivity index (χ0) is 16.2. The fourth-order valence-corrected chi connectivity index (χ4v) is 1.87. The third kappa shape index (κ3) is 5.19. The number of amides is 2. The van der Waals surface area contributed by atoms with Crippen LogP contribution in [0.1, 0.15) is 46.2 Å². The summed E-state index contributed by atoms with van der Waals surface area (Å²) >= 11 is 0. The van der Waals surface area contributed by atoms with E-state index in [4.69, 9.17) is 5.73 Å². The molecule has 2 amide bonds. The van der Waals surface area contributed by atoms with E-state index in [1.807, 2.05) is 45.9 Å². The maximum absolute atomic E-state index is 12.1. The van der Waals surface area contributed by atoms with Crippen LogP contribution in [0.2, 0.25) is 0 Å². The van der Waals surface area contributed by atoms with Crippen LogP contribution < -0.4 is 16.4 Å². The quantitative estimate of drug-likeness (QED) is 0.795. The smallest absolute Gasteiger partial charge is 0.237 e. The van der Waals surface area contributed by atoms with Crippen LogP contribution >= 0.6 is 0 Å². The van der Waals surface area contributed by atoms with Gasteiger partial charge in [0.2, 0.25) is 11.8 Å². The maximum atomic E-state index is 12.1. The zero-order valence-corrected chi connectivity index (χ0v) is 13.4. The maximum Gasteiger partial charge on any atom is 0.237 e. The molecule has 0 spiro atoms. The Labute approximate surface area is 126 Å². The molecule has 1 aromatic rings. The summed E-state index contributed by atoms with van der Waals surface area (Å²) in [6, 6.07) is 6.64. The van der Waals surface area contributed by atoms with Gasteiger partial charge in [0.05, 0.1) is 12.1 Å². The van der Waals surface area contributed by atoms with E-state index in [1.165, 1.54) is 6.92 Å². The van der Waals surface area contributed by atoms with Crippen molar-refractivity contribution in [2.45, 2.75) is 46.7 Å². The average molecular weight is 291 g/mol. The van der Waals surface area contributed by atoms with Crippen LogP contribution in [0.3, 0.4) is 0 Å². The van der Waals surface area contributed by atoms with E-state index >= 15 is 0 Å². The highest BCUT2D eigenvalue weighted by molar-refractivity contribution is 5.88. The molecule has 0 aliphatic rings. The number of anilines is 1. The average Bonchev–Trinajstić information content (AvgIpc) is 2.36. The molecule has 1 aromatic carbocycles. The predicted octanol–water partition coefficient (Wildman–Crippen LogP) is 2.20. The van der Waals surface area contributed by atoms with E-state index in [-0.39, 0.29) is 23.3 Å². The van der Waals surface area contributed by atoms with E-state index in [9.17, 15) is 9.59 Å². The van der Waals surface area contributed by atoms with Gasteiger partial charge in [0.25, 0.3) is 0 Å². The number of hydrogen-bond acceptors (Lipinski definition) is 3. The van der Waals surface area contributed by atoms with Crippen molar-refractivity contribution in [2.75, 3.05) is 5.32 Å². The molecule has 1 rings (SSSR count). The molecule has 0 heterocycles. The fraction of sp³-hybridized carbons (Fsp3) is 0.500. The molecule has 21 heavy (non-hydrogen) atoms. The van der Waals surface area contributed by atoms with Crippen molar-refractivity contribution < 1.29 is 9.59 Å². The summed E-state index contributed by atoms with van der Waals surface area (Å²) in [6.45, 7) is 9.14. The minimum Gasteiger partial charge on any atom is -0.348 e. The number of hydrogen-bond donors (Lipinski definition) is 3. The molecule has 0 saturated carbocycles. The molecule has 0 aliphatic heterocycles. The first-order valence-electron chi connectivity index (χ1n) is 7.04. The third-order valence-corrected chi connectivity index (χ3v) is 3.28. The summed E-state index contributed by atoms with van der Waals surface area (Å²) in [6.07, 6.45) is 0. The van der Waals surface area contributed by atoms with Crippen LogP contribution in [-0.2, 0) is 9.59 Å². The Morgan fingerprint density at radius 1 is 1.24 bits per heavy atom. The van der Waals surface area contributed by atoms with E-state index < -0.39 is 6.04 Å². The largest absolute Gasteiger partial charge is 0.348 e. The number of nitrogens with two attached hydrogens (primary N) is 1. The Hall–Kier alpha value is -1.88. The highest BCUT2D eigenvalue weighted by Gasteiger charge is 2.28. The Morgan fingerprint density at radius 2 is 1.86 bits per heavy atom. The van der Waals surface area contributed by atoms with Crippen LogP contribution in [0.25, 0.3) is 0 Å². The first kappa shape index (κ1) is 17.2. The van der Waals surface area contributed by atoms with Crippen LogP contribution in [-0.4, -0.2) is 17.9 Å². The Balaban J connectivity index is 2.78. The van der Waals surface area contributed by atoms with Gasteiger partial charge in [-0.1, -0.05) is 32.9 Å². The number of benzene rings is 1. The van der Waals surface area contributed by atoms with Gasteiger partial charge in [-0.3, -0.25) is 9.59 Å². The summed E-state index contributed by atoms with van der Waals surface area (Å²) in [5.74, 6) is -0.307. The van der Waals surface area contributed by atoms with Crippen LogP contribution in [0.15, 0.2) is 24.3 Å². The second-order valence-electron chi connectivity index (χ2n) is 6.38. The standard InChI is InChI=1S/C16H25N3O2/c1-10(18-15(21)14(17)16(3,4)5)12-7-6-8-13(9-12)19-11(2)20/h6-10,14H,17H2,1-5H3,(H,18,21)(H,19,20)/t10?,14-/m1/s1. The Morgan fingerprint density at radius 3 is 2.38 bits per heavy atom. The lowest BCUT2D eigenvalue weighted by Gasteiger charge is -2.27. The highest BCUT2D eigenvalue weighted by Crippen LogP contribution is 2.20. The normalized spacial score (nSPS) is 14.2. The van der Waals surface area contributed by atoms with Gasteiger partial charge in [-0.05, 0) is 30.0 Å². The van der Waals surface area contributed by atoms with Gasteiger partial charge in [-0.25, -0.2) is 0 Å². The molecule has 2 atom stereocenters. The second kappa shape index (κ2) is 6.72. The molecule has 0 saturated heterocycles. The number of rotatable bonds is 4. The summed E-state index contributed by atoms with van der Waals surface area (Å²) in [7, 11) is 0. The highest BCUT2D eigenvalue weighted by atomic mass is 16.2. The molecule has 116 valence electrons. The lowest BCUT2D eigenvalue weighted by Crippen LogP contribution is -2.49. The van der Waals surface area contributed by atoms with Gasteiger partial charge >= 0.3 is 0 Å². The van der Waals surface area contributed by atoms with Crippen molar-refractivity contribution >= 4 is 17.5 Å². The van der Waals surface area contributed by atoms with E-state index in [0.29, 0.717) is 5.69 Å². The van der Waals surface area contributed by atoms with Gasteiger partial charge in [0.1, 0.15) is 0 Å². The molecule has 0 aromatic heterocycles. The van der Waals surface area contributed by atoms with Gasteiger partial charge in [-0.2, -0.15) is 0 Å². The van der Waals surface area contributed by atoms with Crippen LogP contribution in [0, 0.1) is 5.41 Å². The minimum atomic E-state index is -0.571. The molecule has 5 nitrogen and oxygen atoms in total. The second-order valence-corrected chi connectivity index (χ2v) is 6.38. The predicted molar refractivity (Wildman–Crippen MR) is 84.7 cm³/mol. The summed E-state index contributed by atoms with van der Waals surface area (Å²) in [4.78, 5) is 23.2. The van der Waals surface area contributed by atoms with Gasteiger partial charge in [0.15, 0.2) is 0 Å². The van der Waals surface area contributed by atoms with Crippen molar-refractivity contribution in [1.82, 2.24) is 5.32 Å². The SMILES string of the molecule is CC(=O)Nc1cccc(C(C)NC(=O)[C@@H](N)C(C)(C)C)c1. The lowest BCUT2D eigenvalue weighted by atomic mass is 9.86. The van der Waals surface area contributed by atoms with Crippen molar-refractivity contribution in [1.29, 1.82) is 0 Å². The van der Waals surface area contributed by atoms with E-state index in [0.717, 1.165) is 5.56 Å². The van der Waals surface area contributed by atoms with Crippen LogP contribution in [0.4, 0.5) is 5.69 Å². The van der Waals surface area contributed by atoms with Crippen molar-refractivity contribution in [2.24, 2.45) is 11.1 Å². The van der Waals surface area contributed by atoms with Gasteiger partial charge in [-0.15, -0.1) is 0 Å². The van der Waals surface area contributed by atoms with Crippen molar-refractivity contribution in [3.63, 3.8) is 0 Å². The first-order chi connectivity index (χ1) is 9.61. The molecule has 0 fully saturated rings. The molecule has 1 unspecified atom stereocenters. The summed E-state index contributed by atoms with van der Waals surface area (Å²) in [5.41, 5.74) is 7.28. The van der Waals surface area contributed by atoms with E-state index in [1.54, 1.807) is 6.07 Å². The van der Waals surface area contributed by atoms with Gasteiger partial charge < -0.3 is 16.4 Å². The molecular weight excluding hydrogens is 266 g/mol. The Kier molecular flexibility index (Phi) is 5.49. The Bertz CT molecular complexity index is 520. The number of carbonyl (C=O) groups excluding carboxylic acids is 2. The minimum absolute atomic E-state index is 0.126. The monoisotopic (exact) mass is 291 g/mol. The first-order valence-corrected chi connectivity index (χ1v) is 7.04. The molecule has 4 N–H and O–H groups in total. The van der Waals surface area contributed by atoms with Crippen molar-refractivity contribution in [3.05, 3.63) is 29.8 Å². The molecular formula is C16H25N3O2.